The Balaban J connectivity index is 2.23. The molecule has 0 aliphatic carbocycles. The van der Waals surface area contributed by atoms with Gasteiger partial charge in [-0.05, 0) is 56.0 Å². The first-order chi connectivity index (χ1) is 12.9. The van der Waals surface area contributed by atoms with E-state index in [2.05, 4.69) is 24.9 Å². The molecule has 0 spiro atoms. The summed E-state index contributed by atoms with van der Waals surface area (Å²) >= 11 is 0. The van der Waals surface area contributed by atoms with Gasteiger partial charge in [0.1, 0.15) is 0 Å². The molecule has 0 bridgehead atoms. The van der Waals surface area contributed by atoms with Crippen LogP contribution in [0.5, 0.6) is 5.88 Å². The van der Waals surface area contributed by atoms with Gasteiger partial charge in [-0.2, -0.15) is 0 Å². The molecule has 0 fully saturated rings. The van der Waals surface area contributed by atoms with Gasteiger partial charge in [-0.1, -0.05) is 19.9 Å². The maximum absolute atomic E-state index is 9.65. The zero-order valence-electron chi connectivity index (χ0n) is 16.9. The van der Waals surface area contributed by atoms with Crippen LogP contribution in [0.3, 0.4) is 0 Å². The predicted octanol–water partition coefficient (Wildman–Crippen LogP) is 4.70. The second-order valence-electron chi connectivity index (χ2n) is 7.09. The summed E-state index contributed by atoms with van der Waals surface area (Å²) in [5, 5.41) is 9.65. The summed E-state index contributed by atoms with van der Waals surface area (Å²) in [4.78, 5) is 9.61. The predicted molar refractivity (Wildman–Crippen MR) is 110 cm³/mol. The molecule has 1 N–H and O–H groups in total. The third-order valence-electron chi connectivity index (χ3n) is 4.88. The molecule has 0 saturated heterocycles. The maximum Gasteiger partial charge on any atom is 0.222 e. The number of hydrogen-bond acceptors (Lipinski definition) is 4. The summed E-state index contributed by atoms with van der Waals surface area (Å²) in [6, 6.07) is 6.19. The van der Waals surface area contributed by atoms with E-state index >= 15 is 0 Å². The van der Waals surface area contributed by atoms with Crippen molar-refractivity contribution in [2.24, 2.45) is 0 Å². The summed E-state index contributed by atoms with van der Waals surface area (Å²) in [5.41, 5.74) is 7.59. The number of aliphatic hydroxyl groups excluding tert-OH is 1. The number of rotatable bonds is 5. The van der Waals surface area contributed by atoms with Crippen LogP contribution in [0.15, 0.2) is 30.5 Å². The molecule has 0 atom stereocenters. The molecule has 0 unspecified atom stereocenters. The van der Waals surface area contributed by atoms with Gasteiger partial charge in [-0.3, -0.25) is 0 Å². The van der Waals surface area contributed by atoms with Crippen LogP contribution in [0, 0.1) is 13.8 Å². The summed E-state index contributed by atoms with van der Waals surface area (Å²) in [6.07, 6.45) is 3.93. The third kappa shape index (κ3) is 3.35. The van der Waals surface area contributed by atoms with Crippen molar-refractivity contribution in [3.05, 3.63) is 47.3 Å². The molecular formula is C22H27N3O2. The number of aromatic nitrogens is 3. The largest absolute Gasteiger partial charge is 0.480 e. The van der Waals surface area contributed by atoms with E-state index in [1.807, 2.05) is 49.7 Å². The second-order valence-corrected chi connectivity index (χ2v) is 7.09. The maximum atomic E-state index is 9.65. The molecule has 5 heteroatoms. The van der Waals surface area contributed by atoms with E-state index in [0.29, 0.717) is 11.8 Å². The quantitative estimate of drug-likeness (QED) is 0.712. The Labute approximate surface area is 160 Å². The molecule has 3 heterocycles. The highest BCUT2D eigenvalue weighted by Crippen LogP contribution is 2.34. The summed E-state index contributed by atoms with van der Waals surface area (Å²) in [5.74, 6) is 0.927. The molecule has 142 valence electrons. The van der Waals surface area contributed by atoms with Crippen LogP contribution in [-0.2, 0) is 0 Å². The minimum Gasteiger partial charge on any atom is -0.480 e. The lowest BCUT2D eigenvalue weighted by atomic mass is 10.0. The lowest BCUT2D eigenvalue weighted by Crippen LogP contribution is -2.02. The molecule has 0 radical (unpaired) electrons. The number of aliphatic hydroxyl groups is 1. The van der Waals surface area contributed by atoms with Gasteiger partial charge in [0.15, 0.2) is 0 Å². The van der Waals surface area contributed by atoms with Gasteiger partial charge in [-0.15, -0.1) is 0 Å². The van der Waals surface area contributed by atoms with Gasteiger partial charge in [0, 0.05) is 17.6 Å². The third-order valence-corrected chi connectivity index (χ3v) is 4.88. The number of hydrogen-bond donors (Lipinski definition) is 1. The Hall–Kier alpha value is -2.66. The van der Waals surface area contributed by atoms with Crippen molar-refractivity contribution in [2.75, 3.05) is 13.7 Å². The van der Waals surface area contributed by atoms with Crippen molar-refractivity contribution in [2.45, 2.75) is 40.5 Å². The SMILES string of the molecule is C/C=C(/CO)n1cc(C)c2nc(-c3ccc(C(C)C)nc3OC)c(C)cc21. The second kappa shape index (κ2) is 7.53. The number of methoxy groups -OCH3 is 1. The summed E-state index contributed by atoms with van der Waals surface area (Å²) in [6.45, 7) is 10.2. The Morgan fingerprint density at radius 1 is 1.22 bits per heavy atom. The molecule has 3 aromatic heterocycles. The summed E-state index contributed by atoms with van der Waals surface area (Å²) < 4.78 is 7.57. The Bertz CT molecular complexity index is 1020. The molecule has 0 saturated carbocycles. The molecule has 0 aromatic carbocycles. The highest BCUT2D eigenvalue weighted by atomic mass is 16.5. The van der Waals surface area contributed by atoms with Crippen LogP contribution in [0.4, 0.5) is 0 Å². The fourth-order valence-electron chi connectivity index (χ4n) is 3.33. The zero-order valence-corrected chi connectivity index (χ0v) is 16.9. The Morgan fingerprint density at radius 2 is 1.96 bits per heavy atom. The molecule has 0 aliphatic heterocycles. The van der Waals surface area contributed by atoms with Gasteiger partial charge in [-0.25, -0.2) is 9.97 Å². The fourth-order valence-corrected chi connectivity index (χ4v) is 3.33. The number of nitrogens with zero attached hydrogens (tertiary/aromatic N) is 3. The Morgan fingerprint density at radius 3 is 2.56 bits per heavy atom. The first-order valence-electron chi connectivity index (χ1n) is 9.22. The van der Waals surface area contributed by atoms with Crippen LogP contribution in [-0.4, -0.2) is 33.4 Å². The van der Waals surface area contributed by atoms with Crippen molar-refractivity contribution in [3.8, 4) is 17.1 Å². The molecule has 27 heavy (non-hydrogen) atoms. The highest BCUT2D eigenvalue weighted by Gasteiger charge is 2.17. The van der Waals surface area contributed by atoms with Crippen molar-refractivity contribution in [3.63, 3.8) is 0 Å². The van der Waals surface area contributed by atoms with Crippen LogP contribution in [0.1, 0.15) is 43.5 Å². The topological polar surface area (TPSA) is 60.2 Å². The van der Waals surface area contributed by atoms with Crippen LogP contribution in [0.25, 0.3) is 28.0 Å². The van der Waals surface area contributed by atoms with Crippen LogP contribution < -0.4 is 4.74 Å². The van der Waals surface area contributed by atoms with Gasteiger partial charge in [0.05, 0.1) is 36.0 Å². The van der Waals surface area contributed by atoms with Gasteiger partial charge in [0.25, 0.3) is 0 Å². The molecule has 0 amide bonds. The van der Waals surface area contributed by atoms with E-state index in [9.17, 15) is 5.11 Å². The lowest BCUT2D eigenvalue weighted by Gasteiger charge is -2.14. The standard InChI is InChI=1S/C22H27N3O2/c1-7-16(12-26)25-11-15(5)21-19(25)10-14(4)20(24-21)17-8-9-18(13(2)3)23-22(17)27-6/h7-11,13,26H,12H2,1-6H3/b16-7-. The normalized spacial score (nSPS) is 12.2. The van der Waals surface area contributed by atoms with E-state index in [4.69, 9.17) is 9.72 Å². The van der Waals surface area contributed by atoms with Crippen molar-refractivity contribution in [1.29, 1.82) is 0 Å². The number of pyridine rings is 2. The van der Waals surface area contributed by atoms with E-state index in [-0.39, 0.29) is 6.61 Å². The van der Waals surface area contributed by atoms with Crippen LogP contribution >= 0.6 is 0 Å². The van der Waals surface area contributed by atoms with E-state index < -0.39 is 0 Å². The molecule has 3 aromatic rings. The first kappa shape index (κ1) is 19.1. The number of fused-ring (bicyclic) bond motifs is 1. The fraction of sp³-hybridized carbons (Fsp3) is 0.364. The minimum atomic E-state index is -0.0189. The zero-order chi connectivity index (χ0) is 19.7. The molecular weight excluding hydrogens is 338 g/mol. The average Bonchev–Trinajstić information content (AvgIpc) is 2.97. The molecule has 0 aliphatic rings. The van der Waals surface area contributed by atoms with E-state index in [0.717, 1.165) is 44.8 Å². The van der Waals surface area contributed by atoms with Gasteiger partial charge >= 0.3 is 0 Å². The van der Waals surface area contributed by atoms with E-state index in [1.165, 1.54) is 0 Å². The minimum absolute atomic E-state index is 0.0189. The van der Waals surface area contributed by atoms with Gasteiger partial charge in [0.2, 0.25) is 5.88 Å². The van der Waals surface area contributed by atoms with Gasteiger partial charge < -0.3 is 14.4 Å². The van der Waals surface area contributed by atoms with Crippen molar-refractivity contribution >= 4 is 16.7 Å². The van der Waals surface area contributed by atoms with Crippen LogP contribution in [0.2, 0.25) is 0 Å². The van der Waals surface area contributed by atoms with Crippen molar-refractivity contribution < 1.29 is 9.84 Å². The molecule has 5 nitrogen and oxygen atoms in total. The first-order valence-corrected chi connectivity index (χ1v) is 9.22. The lowest BCUT2D eigenvalue weighted by molar-refractivity contribution is 0.344. The average molecular weight is 365 g/mol. The molecule has 3 rings (SSSR count). The van der Waals surface area contributed by atoms with Crippen molar-refractivity contribution in [1.82, 2.24) is 14.5 Å². The Kier molecular flexibility index (Phi) is 5.33. The number of ether oxygens (including phenoxy) is 1. The highest BCUT2D eigenvalue weighted by molar-refractivity contribution is 5.87. The smallest absolute Gasteiger partial charge is 0.222 e. The van der Waals surface area contributed by atoms with E-state index in [1.54, 1.807) is 7.11 Å². The number of allylic oxidation sites excluding steroid dienone is 1. The monoisotopic (exact) mass is 365 g/mol. The number of aryl methyl sites for hydroxylation is 2. The summed E-state index contributed by atoms with van der Waals surface area (Å²) in [7, 11) is 1.64.